The van der Waals surface area contributed by atoms with Crippen LogP contribution < -0.4 is 5.73 Å². The van der Waals surface area contributed by atoms with Crippen molar-refractivity contribution in [1.29, 1.82) is 0 Å². The molecule has 0 fully saturated rings. The Kier molecular flexibility index (Phi) is 5.65. The Morgan fingerprint density at radius 2 is 2.06 bits per heavy atom. The summed E-state index contributed by atoms with van der Waals surface area (Å²) in [4.78, 5) is 0.381. The van der Waals surface area contributed by atoms with Gasteiger partial charge < -0.3 is 15.2 Å². The van der Waals surface area contributed by atoms with E-state index in [4.69, 9.17) is 27.4 Å². The molecule has 0 amide bonds. The molecule has 1 aromatic carbocycles. The molecular weight excluding hydrogens is 321 g/mol. The summed E-state index contributed by atoms with van der Waals surface area (Å²) >= 11 is 8.17. The van der Waals surface area contributed by atoms with Gasteiger partial charge >= 0.3 is 0 Å². The molecule has 0 aliphatic carbocycles. The Balaban J connectivity index is 3.13. The lowest BCUT2D eigenvalue weighted by Gasteiger charge is -2.32. The molecule has 18 heavy (non-hydrogen) atoms. The quantitative estimate of drug-likeness (QED) is 0.640. The van der Waals surface area contributed by atoms with Crippen molar-refractivity contribution in [3.05, 3.63) is 34.1 Å². The minimum absolute atomic E-state index is 0.332. The molecule has 1 aromatic rings. The molecule has 0 aromatic heterocycles. The minimum atomic E-state index is -0.990. The van der Waals surface area contributed by atoms with Gasteiger partial charge in [-0.25, -0.2) is 4.39 Å². The second-order valence-electron chi connectivity index (χ2n) is 3.75. The number of rotatable bonds is 6. The Hall–Kier alpha value is -0.560. The first kappa shape index (κ1) is 15.5. The molecule has 2 N–H and O–H groups in total. The summed E-state index contributed by atoms with van der Waals surface area (Å²) < 4.78 is 24.6. The molecule has 0 aliphatic heterocycles. The zero-order valence-corrected chi connectivity index (χ0v) is 12.6. The second kappa shape index (κ2) is 6.56. The first-order chi connectivity index (χ1) is 8.45. The van der Waals surface area contributed by atoms with Gasteiger partial charge in [-0.05, 0) is 18.2 Å². The number of hydrogen-bond acceptors (Lipinski definition) is 3. The van der Waals surface area contributed by atoms with Gasteiger partial charge in [-0.1, -0.05) is 28.1 Å². The largest absolute Gasteiger partial charge is 0.393 e. The van der Waals surface area contributed by atoms with Crippen molar-refractivity contribution < 1.29 is 13.9 Å². The van der Waals surface area contributed by atoms with Crippen LogP contribution in [0.2, 0.25) is 0 Å². The molecule has 100 valence electrons. The zero-order valence-electron chi connectivity index (χ0n) is 10.2. The molecule has 0 spiro atoms. The van der Waals surface area contributed by atoms with E-state index in [0.29, 0.717) is 27.9 Å². The van der Waals surface area contributed by atoms with E-state index in [1.54, 1.807) is 6.07 Å². The number of methoxy groups -OCH3 is 2. The number of ether oxygens (including phenoxy) is 2. The Labute approximate surface area is 120 Å². The molecule has 0 heterocycles. The second-order valence-corrected chi connectivity index (χ2v) is 5.13. The minimum Gasteiger partial charge on any atom is -0.393 e. The predicted octanol–water partition coefficient (Wildman–Crippen LogP) is 3.10. The topological polar surface area (TPSA) is 44.5 Å². The van der Waals surface area contributed by atoms with Crippen molar-refractivity contribution in [2.45, 2.75) is 18.6 Å². The SMILES string of the molecule is COC(CCC(N)=S)(OC)c1ccc(F)cc1Br. The molecular formula is C12H15BrFNO2S. The maximum Gasteiger partial charge on any atom is 0.195 e. The van der Waals surface area contributed by atoms with Crippen LogP contribution in [0, 0.1) is 5.82 Å². The van der Waals surface area contributed by atoms with Gasteiger partial charge in [0, 0.05) is 37.1 Å². The smallest absolute Gasteiger partial charge is 0.195 e. The van der Waals surface area contributed by atoms with Crippen molar-refractivity contribution in [2.75, 3.05) is 14.2 Å². The summed E-state index contributed by atoms with van der Waals surface area (Å²) in [5.74, 6) is -1.32. The van der Waals surface area contributed by atoms with Crippen molar-refractivity contribution in [3.63, 3.8) is 0 Å². The standard InChI is InChI=1S/C12H15BrFNO2S/c1-16-12(17-2,6-5-11(15)18)9-4-3-8(14)7-10(9)13/h3-4,7H,5-6H2,1-2H3,(H2,15,18). The van der Waals surface area contributed by atoms with E-state index >= 15 is 0 Å². The van der Waals surface area contributed by atoms with Gasteiger partial charge in [-0.2, -0.15) is 0 Å². The van der Waals surface area contributed by atoms with Crippen molar-refractivity contribution >= 4 is 33.1 Å². The molecule has 6 heteroatoms. The first-order valence-electron chi connectivity index (χ1n) is 5.29. The Morgan fingerprint density at radius 3 is 2.50 bits per heavy atom. The van der Waals surface area contributed by atoms with Crippen LogP contribution in [0.4, 0.5) is 4.39 Å². The maximum absolute atomic E-state index is 13.1. The average molecular weight is 336 g/mol. The van der Waals surface area contributed by atoms with Crippen LogP contribution in [0.25, 0.3) is 0 Å². The summed E-state index contributed by atoms with van der Waals surface area (Å²) in [5.41, 5.74) is 6.20. The van der Waals surface area contributed by atoms with E-state index < -0.39 is 5.79 Å². The number of hydrogen-bond donors (Lipinski definition) is 1. The summed E-state index contributed by atoms with van der Waals surface area (Å²) in [7, 11) is 3.05. The normalized spacial score (nSPS) is 11.6. The van der Waals surface area contributed by atoms with Gasteiger partial charge in [-0.15, -0.1) is 0 Å². The van der Waals surface area contributed by atoms with E-state index in [0.717, 1.165) is 0 Å². The van der Waals surface area contributed by atoms with Crippen LogP contribution in [-0.2, 0) is 15.3 Å². The predicted molar refractivity (Wildman–Crippen MR) is 75.8 cm³/mol. The van der Waals surface area contributed by atoms with Gasteiger partial charge in [0.25, 0.3) is 0 Å². The van der Waals surface area contributed by atoms with Gasteiger partial charge in [0.05, 0.1) is 4.99 Å². The molecule has 0 aliphatic rings. The van der Waals surface area contributed by atoms with Gasteiger partial charge in [-0.3, -0.25) is 0 Å². The van der Waals surface area contributed by atoms with Crippen molar-refractivity contribution in [2.24, 2.45) is 5.73 Å². The van der Waals surface area contributed by atoms with Crippen LogP contribution in [0.1, 0.15) is 18.4 Å². The number of benzene rings is 1. The van der Waals surface area contributed by atoms with Gasteiger partial charge in [0.1, 0.15) is 5.82 Å². The molecule has 0 unspecified atom stereocenters. The first-order valence-corrected chi connectivity index (χ1v) is 6.49. The lowest BCUT2D eigenvalue weighted by Crippen LogP contribution is -2.32. The lowest BCUT2D eigenvalue weighted by molar-refractivity contribution is -0.219. The van der Waals surface area contributed by atoms with E-state index in [1.165, 1.54) is 26.4 Å². The number of halogens is 2. The fraction of sp³-hybridized carbons (Fsp3) is 0.417. The molecule has 3 nitrogen and oxygen atoms in total. The third-order valence-corrected chi connectivity index (χ3v) is 3.56. The fourth-order valence-electron chi connectivity index (χ4n) is 1.73. The monoisotopic (exact) mass is 335 g/mol. The van der Waals surface area contributed by atoms with Crippen molar-refractivity contribution in [1.82, 2.24) is 0 Å². The highest BCUT2D eigenvalue weighted by Crippen LogP contribution is 2.36. The van der Waals surface area contributed by atoms with Gasteiger partial charge in [0.2, 0.25) is 0 Å². The van der Waals surface area contributed by atoms with Crippen LogP contribution in [0.15, 0.2) is 22.7 Å². The number of nitrogens with two attached hydrogens (primary N) is 1. The van der Waals surface area contributed by atoms with Crippen LogP contribution in [0.5, 0.6) is 0 Å². The highest BCUT2D eigenvalue weighted by molar-refractivity contribution is 9.10. The fourth-order valence-corrected chi connectivity index (χ4v) is 2.48. The Bertz CT molecular complexity index is 438. The third kappa shape index (κ3) is 3.47. The summed E-state index contributed by atoms with van der Waals surface area (Å²) in [6, 6.07) is 4.34. The lowest BCUT2D eigenvalue weighted by atomic mass is 10.00. The Morgan fingerprint density at radius 1 is 1.44 bits per heavy atom. The molecule has 0 atom stereocenters. The van der Waals surface area contributed by atoms with E-state index in [2.05, 4.69) is 15.9 Å². The van der Waals surface area contributed by atoms with Crippen molar-refractivity contribution in [3.8, 4) is 0 Å². The number of thiocarbonyl (C=S) groups is 1. The van der Waals surface area contributed by atoms with E-state index in [1.807, 2.05) is 0 Å². The molecule has 0 bridgehead atoms. The third-order valence-electron chi connectivity index (χ3n) is 2.70. The summed E-state index contributed by atoms with van der Waals surface area (Å²) in [6.45, 7) is 0. The summed E-state index contributed by atoms with van der Waals surface area (Å²) in [5, 5.41) is 0. The zero-order chi connectivity index (χ0) is 13.8. The molecule has 0 saturated carbocycles. The van der Waals surface area contributed by atoms with E-state index in [9.17, 15) is 4.39 Å². The molecule has 1 rings (SSSR count). The maximum atomic E-state index is 13.1. The van der Waals surface area contributed by atoms with Crippen LogP contribution in [0.3, 0.4) is 0 Å². The molecule has 0 saturated heterocycles. The average Bonchev–Trinajstić information content (AvgIpc) is 2.32. The summed E-state index contributed by atoms with van der Waals surface area (Å²) in [6.07, 6.45) is 0.931. The molecule has 0 radical (unpaired) electrons. The highest BCUT2D eigenvalue weighted by Gasteiger charge is 2.34. The van der Waals surface area contributed by atoms with E-state index in [-0.39, 0.29) is 5.82 Å². The highest BCUT2D eigenvalue weighted by atomic mass is 79.9. The van der Waals surface area contributed by atoms with Crippen LogP contribution >= 0.6 is 28.1 Å². The van der Waals surface area contributed by atoms with Gasteiger partial charge in [0.15, 0.2) is 5.79 Å². The van der Waals surface area contributed by atoms with Crippen LogP contribution in [-0.4, -0.2) is 19.2 Å².